The summed E-state index contributed by atoms with van der Waals surface area (Å²) in [6, 6.07) is 16.8. The molecule has 0 saturated heterocycles. The average molecular weight is 277 g/mol. The maximum Gasteiger partial charge on any atom is 0.149 e. The fourth-order valence-electron chi connectivity index (χ4n) is 2.49. The molecule has 0 saturated carbocycles. The topological polar surface area (TPSA) is 37.8 Å². The van der Waals surface area contributed by atoms with E-state index in [2.05, 4.69) is 64.7 Å². The van der Waals surface area contributed by atoms with Crippen LogP contribution in [0.25, 0.3) is 10.8 Å². The Balaban J connectivity index is 2.01. The van der Waals surface area contributed by atoms with Crippen molar-refractivity contribution in [2.45, 2.75) is 19.4 Å². The van der Waals surface area contributed by atoms with Gasteiger partial charge in [-0.05, 0) is 41.4 Å². The van der Waals surface area contributed by atoms with Crippen molar-refractivity contribution in [2.75, 3.05) is 6.54 Å². The van der Waals surface area contributed by atoms with Gasteiger partial charge in [-0.2, -0.15) is 0 Å². The van der Waals surface area contributed by atoms with Gasteiger partial charge in [0.15, 0.2) is 0 Å². The minimum atomic E-state index is 0.0377. The fraction of sp³-hybridized carbons (Fsp3) is 0.222. The van der Waals surface area contributed by atoms with Gasteiger partial charge in [-0.15, -0.1) is 0 Å². The number of hydrogen-bond acceptors (Lipinski definition) is 3. The molecule has 0 aliphatic carbocycles. The van der Waals surface area contributed by atoms with Gasteiger partial charge in [0.1, 0.15) is 5.82 Å². The molecular weight excluding hydrogens is 258 g/mol. The van der Waals surface area contributed by atoms with Gasteiger partial charge < -0.3 is 5.32 Å². The highest BCUT2D eigenvalue weighted by Gasteiger charge is 2.16. The van der Waals surface area contributed by atoms with Crippen LogP contribution in [-0.2, 0) is 0 Å². The molecule has 0 radical (unpaired) electrons. The van der Waals surface area contributed by atoms with E-state index in [0.29, 0.717) is 0 Å². The Morgan fingerprint density at radius 2 is 1.71 bits per heavy atom. The quantitative estimate of drug-likeness (QED) is 0.772. The highest BCUT2D eigenvalue weighted by Crippen LogP contribution is 2.23. The van der Waals surface area contributed by atoms with Crippen LogP contribution >= 0.6 is 0 Å². The summed E-state index contributed by atoms with van der Waals surface area (Å²) in [4.78, 5) is 8.83. The maximum absolute atomic E-state index is 4.41. The lowest BCUT2D eigenvalue weighted by Crippen LogP contribution is -2.25. The minimum absolute atomic E-state index is 0.0377. The molecule has 1 unspecified atom stereocenters. The molecule has 0 spiro atoms. The van der Waals surface area contributed by atoms with Gasteiger partial charge in [-0.25, -0.2) is 9.97 Å². The van der Waals surface area contributed by atoms with E-state index in [0.717, 1.165) is 18.8 Å². The van der Waals surface area contributed by atoms with Crippen molar-refractivity contribution < 1.29 is 0 Å². The summed E-state index contributed by atoms with van der Waals surface area (Å²) in [6.07, 6.45) is 4.67. The average Bonchev–Trinajstić information content (AvgIpc) is 2.56. The molecule has 21 heavy (non-hydrogen) atoms. The monoisotopic (exact) mass is 277 g/mol. The summed E-state index contributed by atoms with van der Waals surface area (Å²) < 4.78 is 0. The number of nitrogens with one attached hydrogen (secondary N) is 1. The third kappa shape index (κ3) is 3.09. The van der Waals surface area contributed by atoms with Crippen LogP contribution < -0.4 is 5.32 Å². The molecule has 0 amide bonds. The lowest BCUT2D eigenvalue weighted by molar-refractivity contribution is 0.572. The van der Waals surface area contributed by atoms with Gasteiger partial charge in [-0.1, -0.05) is 43.3 Å². The van der Waals surface area contributed by atoms with Crippen LogP contribution in [0.3, 0.4) is 0 Å². The molecule has 0 aliphatic rings. The van der Waals surface area contributed by atoms with Crippen LogP contribution in [0.4, 0.5) is 0 Å². The summed E-state index contributed by atoms with van der Waals surface area (Å²) in [7, 11) is 0. The summed E-state index contributed by atoms with van der Waals surface area (Å²) in [5.41, 5.74) is 1.20. The lowest BCUT2D eigenvalue weighted by Gasteiger charge is -2.18. The zero-order chi connectivity index (χ0) is 14.5. The Hall–Kier alpha value is -2.26. The Labute approximate surface area is 125 Å². The number of nitrogens with zero attached hydrogens (tertiary/aromatic N) is 2. The van der Waals surface area contributed by atoms with Gasteiger partial charge in [0.25, 0.3) is 0 Å². The molecule has 3 rings (SSSR count). The predicted molar refractivity (Wildman–Crippen MR) is 86.1 cm³/mol. The van der Waals surface area contributed by atoms with E-state index in [1.165, 1.54) is 16.3 Å². The maximum atomic E-state index is 4.41. The van der Waals surface area contributed by atoms with Crippen molar-refractivity contribution in [3.63, 3.8) is 0 Å². The van der Waals surface area contributed by atoms with Crippen molar-refractivity contribution in [2.24, 2.45) is 0 Å². The van der Waals surface area contributed by atoms with E-state index in [4.69, 9.17) is 0 Å². The molecular formula is C18H19N3. The third-order valence-electron chi connectivity index (χ3n) is 3.55. The lowest BCUT2D eigenvalue weighted by atomic mass is 10.0. The van der Waals surface area contributed by atoms with Crippen LogP contribution in [0, 0.1) is 0 Å². The molecule has 0 aliphatic heterocycles. The van der Waals surface area contributed by atoms with Crippen molar-refractivity contribution in [3.8, 4) is 0 Å². The molecule has 1 heterocycles. The Kier molecular flexibility index (Phi) is 4.22. The molecule has 3 heteroatoms. The van der Waals surface area contributed by atoms with Crippen LogP contribution in [0.1, 0.15) is 30.8 Å². The van der Waals surface area contributed by atoms with Crippen LogP contribution in [-0.4, -0.2) is 16.5 Å². The molecule has 1 N–H and O–H groups in total. The number of rotatable bonds is 5. The molecule has 1 aromatic heterocycles. The molecule has 2 aromatic carbocycles. The first-order valence-electron chi connectivity index (χ1n) is 7.37. The summed E-state index contributed by atoms with van der Waals surface area (Å²) in [5.74, 6) is 0.821. The second-order valence-corrected chi connectivity index (χ2v) is 5.10. The first-order valence-corrected chi connectivity index (χ1v) is 7.37. The Morgan fingerprint density at radius 1 is 0.952 bits per heavy atom. The summed E-state index contributed by atoms with van der Waals surface area (Å²) >= 11 is 0. The summed E-state index contributed by atoms with van der Waals surface area (Å²) in [6.45, 7) is 3.10. The normalized spacial score (nSPS) is 12.4. The molecule has 106 valence electrons. The van der Waals surface area contributed by atoms with Crippen molar-refractivity contribution in [1.29, 1.82) is 0 Å². The Bertz CT molecular complexity index is 710. The number of aromatic nitrogens is 2. The minimum Gasteiger partial charge on any atom is -0.304 e. The standard InChI is InChI=1S/C18H19N3/c1-2-10-19-17(18-20-11-5-12-21-18)16-9-8-14-6-3-4-7-15(14)13-16/h3-9,11-13,17,19H,2,10H2,1H3. The van der Waals surface area contributed by atoms with E-state index in [1.54, 1.807) is 12.4 Å². The van der Waals surface area contributed by atoms with Gasteiger partial charge in [0.2, 0.25) is 0 Å². The highest BCUT2D eigenvalue weighted by molar-refractivity contribution is 5.83. The third-order valence-corrected chi connectivity index (χ3v) is 3.55. The Morgan fingerprint density at radius 3 is 2.48 bits per heavy atom. The first kappa shape index (κ1) is 13.7. The van der Waals surface area contributed by atoms with E-state index >= 15 is 0 Å². The van der Waals surface area contributed by atoms with Crippen molar-refractivity contribution >= 4 is 10.8 Å². The number of fused-ring (bicyclic) bond motifs is 1. The molecule has 3 nitrogen and oxygen atoms in total. The largest absolute Gasteiger partial charge is 0.304 e. The highest BCUT2D eigenvalue weighted by atomic mass is 15.0. The first-order chi connectivity index (χ1) is 10.4. The second-order valence-electron chi connectivity index (χ2n) is 5.10. The zero-order valence-corrected chi connectivity index (χ0v) is 12.2. The van der Waals surface area contributed by atoms with Crippen molar-refractivity contribution in [3.05, 3.63) is 72.3 Å². The zero-order valence-electron chi connectivity index (χ0n) is 12.2. The number of benzene rings is 2. The SMILES string of the molecule is CCCNC(c1ccc2ccccc2c1)c1ncccn1. The molecule has 3 aromatic rings. The van der Waals surface area contributed by atoms with Crippen molar-refractivity contribution in [1.82, 2.24) is 15.3 Å². The van der Waals surface area contributed by atoms with Crippen LogP contribution in [0.15, 0.2) is 60.9 Å². The van der Waals surface area contributed by atoms with E-state index in [9.17, 15) is 0 Å². The molecule has 0 bridgehead atoms. The van der Waals surface area contributed by atoms with Gasteiger partial charge in [0, 0.05) is 12.4 Å². The van der Waals surface area contributed by atoms with Crippen LogP contribution in [0.2, 0.25) is 0 Å². The molecule has 0 fully saturated rings. The fourth-order valence-corrected chi connectivity index (χ4v) is 2.49. The number of hydrogen-bond donors (Lipinski definition) is 1. The molecule has 1 atom stereocenters. The van der Waals surface area contributed by atoms with Gasteiger partial charge >= 0.3 is 0 Å². The predicted octanol–water partition coefficient (Wildman–Crippen LogP) is 3.72. The van der Waals surface area contributed by atoms with Crippen LogP contribution in [0.5, 0.6) is 0 Å². The van der Waals surface area contributed by atoms with E-state index in [-0.39, 0.29) is 6.04 Å². The van der Waals surface area contributed by atoms with E-state index < -0.39 is 0 Å². The van der Waals surface area contributed by atoms with Gasteiger partial charge in [-0.3, -0.25) is 0 Å². The second kappa shape index (κ2) is 6.46. The van der Waals surface area contributed by atoms with E-state index in [1.807, 2.05) is 6.07 Å². The van der Waals surface area contributed by atoms with Gasteiger partial charge in [0.05, 0.1) is 6.04 Å². The summed E-state index contributed by atoms with van der Waals surface area (Å²) in [5, 5.41) is 6.04. The smallest absolute Gasteiger partial charge is 0.149 e.